The van der Waals surface area contributed by atoms with Crippen LogP contribution in [-0.2, 0) is 9.53 Å². The van der Waals surface area contributed by atoms with Gasteiger partial charge in [0.15, 0.2) is 0 Å². The predicted molar refractivity (Wildman–Crippen MR) is 56.6 cm³/mol. The molecule has 3 N–H and O–H groups in total. The van der Waals surface area contributed by atoms with Gasteiger partial charge in [0, 0.05) is 0 Å². The summed E-state index contributed by atoms with van der Waals surface area (Å²) in [7, 11) is 0. The standard InChI is InChI=1S/C11H20O5/c1-2-3-4-16-11(15)7-5-8(12)10(14)9(13)6-7/h7-10,12-14H,2-6H2,1H3. The first-order chi connectivity index (χ1) is 7.56. The molecule has 0 spiro atoms. The molecule has 2 atom stereocenters. The second-order valence-corrected chi connectivity index (χ2v) is 4.31. The second kappa shape index (κ2) is 6.18. The Morgan fingerprint density at radius 1 is 1.25 bits per heavy atom. The van der Waals surface area contributed by atoms with Crippen LogP contribution in [0, 0.1) is 5.92 Å². The number of aliphatic hydroxyl groups excluding tert-OH is 3. The van der Waals surface area contributed by atoms with Gasteiger partial charge in [-0.1, -0.05) is 13.3 Å². The lowest BCUT2D eigenvalue weighted by molar-refractivity contribution is -0.159. The van der Waals surface area contributed by atoms with Crippen molar-refractivity contribution in [2.45, 2.75) is 50.9 Å². The van der Waals surface area contributed by atoms with Gasteiger partial charge in [0.25, 0.3) is 0 Å². The van der Waals surface area contributed by atoms with Gasteiger partial charge in [0.2, 0.25) is 0 Å². The minimum atomic E-state index is -1.15. The number of aliphatic hydroxyl groups is 3. The van der Waals surface area contributed by atoms with Gasteiger partial charge < -0.3 is 20.1 Å². The third-order valence-electron chi connectivity index (χ3n) is 2.92. The average Bonchev–Trinajstić information content (AvgIpc) is 2.25. The first-order valence-electron chi connectivity index (χ1n) is 5.77. The molecule has 16 heavy (non-hydrogen) atoms. The molecule has 94 valence electrons. The maximum atomic E-state index is 11.5. The van der Waals surface area contributed by atoms with Crippen molar-refractivity contribution in [2.75, 3.05) is 6.61 Å². The predicted octanol–water partition coefficient (Wildman–Crippen LogP) is -0.178. The molecule has 1 rings (SSSR count). The van der Waals surface area contributed by atoms with Crippen LogP contribution in [0.2, 0.25) is 0 Å². The minimum absolute atomic E-state index is 0.156. The van der Waals surface area contributed by atoms with Crippen LogP contribution in [-0.4, -0.2) is 46.2 Å². The van der Waals surface area contributed by atoms with E-state index in [2.05, 4.69) is 0 Å². The van der Waals surface area contributed by atoms with E-state index in [0.29, 0.717) is 6.61 Å². The third kappa shape index (κ3) is 3.43. The highest BCUT2D eigenvalue weighted by atomic mass is 16.5. The summed E-state index contributed by atoms with van der Waals surface area (Å²) in [4.78, 5) is 11.5. The van der Waals surface area contributed by atoms with Gasteiger partial charge in [-0.15, -0.1) is 0 Å². The second-order valence-electron chi connectivity index (χ2n) is 4.31. The monoisotopic (exact) mass is 232 g/mol. The molecule has 0 aliphatic heterocycles. The molecule has 0 saturated heterocycles. The van der Waals surface area contributed by atoms with Crippen molar-refractivity contribution >= 4 is 5.97 Å². The van der Waals surface area contributed by atoms with E-state index in [9.17, 15) is 20.1 Å². The molecule has 1 saturated carbocycles. The van der Waals surface area contributed by atoms with Crippen LogP contribution in [0.4, 0.5) is 0 Å². The quantitative estimate of drug-likeness (QED) is 0.462. The van der Waals surface area contributed by atoms with Crippen molar-refractivity contribution in [3.8, 4) is 0 Å². The number of esters is 1. The van der Waals surface area contributed by atoms with Crippen molar-refractivity contribution in [1.82, 2.24) is 0 Å². The smallest absolute Gasteiger partial charge is 0.309 e. The molecule has 0 radical (unpaired) electrons. The summed E-state index contributed by atoms with van der Waals surface area (Å²) in [6.07, 6.45) is -1.18. The number of ether oxygens (including phenoxy) is 1. The Hall–Kier alpha value is -0.650. The van der Waals surface area contributed by atoms with E-state index in [-0.39, 0.29) is 12.8 Å². The zero-order valence-corrected chi connectivity index (χ0v) is 9.50. The lowest BCUT2D eigenvalue weighted by Crippen LogP contribution is -2.46. The summed E-state index contributed by atoms with van der Waals surface area (Å²) in [5.41, 5.74) is 0. The summed E-state index contributed by atoms with van der Waals surface area (Å²) in [6.45, 7) is 2.37. The average molecular weight is 232 g/mol. The van der Waals surface area contributed by atoms with E-state index < -0.39 is 30.2 Å². The highest BCUT2D eigenvalue weighted by molar-refractivity contribution is 5.72. The van der Waals surface area contributed by atoms with Gasteiger partial charge in [-0.05, 0) is 19.3 Å². The summed E-state index contributed by atoms with van der Waals surface area (Å²) in [5.74, 6) is -0.899. The fourth-order valence-electron chi connectivity index (χ4n) is 1.84. The van der Waals surface area contributed by atoms with Crippen LogP contribution in [0.15, 0.2) is 0 Å². The Balaban J connectivity index is 2.39. The summed E-state index contributed by atoms with van der Waals surface area (Å²) >= 11 is 0. The van der Waals surface area contributed by atoms with Crippen LogP contribution < -0.4 is 0 Å². The van der Waals surface area contributed by atoms with E-state index in [1.165, 1.54) is 0 Å². The molecular formula is C11H20O5. The van der Waals surface area contributed by atoms with Gasteiger partial charge in [-0.2, -0.15) is 0 Å². The van der Waals surface area contributed by atoms with Crippen molar-refractivity contribution in [3.63, 3.8) is 0 Å². The zero-order chi connectivity index (χ0) is 12.1. The summed E-state index contributed by atoms with van der Waals surface area (Å²) < 4.78 is 5.01. The highest BCUT2D eigenvalue weighted by Gasteiger charge is 2.38. The fourth-order valence-corrected chi connectivity index (χ4v) is 1.84. The van der Waals surface area contributed by atoms with Crippen LogP contribution in [0.25, 0.3) is 0 Å². The van der Waals surface area contributed by atoms with Gasteiger partial charge >= 0.3 is 5.97 Å². The molecule has 0 amide bonds. The first kappa shape index (κ1) is 13.4. The van der Waals surface area contributed by atoms with Crippen LogP contribution in [0.5, 0.6) is 0 Å². The Bertz CT molecular complexity index is 218. The van der Waals surface area contributed by atoms with Gasteiger partial charge in [-0.3, -0.25) is 4.79 Å². The molecule has 1 fully saturated rings. The number of carbonyl (C=O) groups is 1. The SMILES string of the molecule is CCCCOC(=O)C1CC(O)C(O)C(O)C1. The zero-order valence-electron chi connectivity index (χ0n) is 9.50. The van der Waals surface area contributed by atoms with Gasteiger partial charge in [0.05, 0.1) is 24.7 Å². The van der Waals surface area contributed by atoms with Crippen LogP contribution >= 0.6 is 0 Å². The van der Waals surface area contributed by atoms with Gasteiger partial charge in [-0.25, -0.2) is 0 Å². The lowest BCUT2D eigenvalue weighted by Gasteiger charge is -2.32. The molecule has 2 unspecified atom stereocenters. The van der Waals surface area contributed by atoms with Gasteiger partial charge in [0.1, 0.15) is 6.10 Å². The first-order valence-corrected chi connectivity index (χ1v) is 5.77. The van der Waals surface area contributed by atoms with Crippen molar-refractivity contribution in [3.05, 3.63) is 0 Å². The molecular weight excluding hydrogens is 212 g/mol. The fraction of sp³-hybridized carbons (Fsp3) is 0.909. The van der Waals surface area contributed by atoms with Crippen LogP contribution in [0.3, 0.4) is 0 Å². The summed E-state index contributed by atoms with van der Waals surface area (Å²) in [5, 5.41) is 28.2. The maximum absolute atomic E-state index is 11.5. The Kier molecular flexibility index (Phi) is 5.18. The number of carbonyl (C=O) groups excluding carboxylic acids is 1. The number of hydrogen-bond acceptors (Lipinski definition) is 5. The molecule has 0 aromatic rings. The summed E-state index contributed by atoms with van der Waals surface area (Å²) in [6, 6.07) is 0. The third-order valence-corrected chi connectivity index (χ3v) is 2.92. The Morgan fingerprint density at radius 3 is 2.31 bits per heavy atom. The number of unbranched alkanes of at least 4 members (excludes halogenated alkanes) is 1. The molecule has 5 nitrogen and oxygen atoms in total. The molecule has 0 aromatic heterocycles. The largest absolute Gasteiger partial charge is 0.465 e. The number of hydrogen-bond donors (Lipinski definition) is 3. The maximum Gasteiger partial charge on any atom is 0.309 e. The van der Waals surface area contributed by atoms with E-state index in [4.69, 9.17) is 4.74 Å². The van der Waals surface area contributed by atoms with E-state index in [1.807, 2.05) is 6.92 Å². The van der Waals surface area contributed by atoms with Crippen molar-refractivity contribution in [2.24, 2.45) is 5.92 Å². The molecule has 0 heterocycles. The molecule has 0 bridgehead atoms. The Labute approximate surface area is 95.0 Å². The molecule has 1 aliphatic rings. The van der Waals surface area contributed by atoms with E-state index in [1.54, 1.807) is 0 Å². The van der Waals surface area contributed by atoms with E-state index in [0.717, 1.165) is 12.8 Å². The Morgan fingerprint density at radius 2 is 1.81 bits per heavy atom. The molecule has 1 aliphatic carbocycles. The minimum Gasteiger partial charge on any atom is -0.465 e. The molecule has 5 heteroatoms. The molecule has 0 aromatic carbocycles. The topological polar surface area (TPSA) is 87.0 Å². The highest BCUT2D eigenvalue weighted by Crippen LogP contribution is 2.26. The van der Waals surface area contributed by atoms with Crippen LogP contribution in [0.1, 0.15) is 32.6 Å². The van der Waals surface area contributed by atoms with Crippen molar-refractivity contribution < 1.29 is 24.9 Å². The number of rotatable bonds is 4. The normalized spacial score (nSPS) is 34.8. The van der Waals surface area contributed by atoms with E-state index >= 15 is 0 Å². The lowest BCUT2D eigenvalue weighted by atomic mass is 9.83. The van der Waals surface area contributed by atoms with Crippen molar-refractivity contribution in [1.29, 1.82) is 0 Å².